The second-order valence-electron chi connectivity index (χ2n) is 5.99. The maximum absolute atomic E-state index is 11.9. The van der Waals surface area contributed by atoms with Crippen molar-refractivity contribution < 1.29 is 9.53 Å². The Kier molecular flexibility index (Phi) is 7.11. The summed E-state index contributed by atoms with van der Waals surface area (Å²) in [6, 6.07) is 14.8. The van der Waals surface area contributed by atoms with Crippen LogP contribution in [0.1, 0.15) is 5.56 Å². The molecule has 0 fully saturated rings. The van der Waals surface area contributed by atoms with Crippen LogP contribution in [0.2, 0.25) is 0 Å². The van der Waals surface area contributed by atoms with Crippen molar-refractivity contribution in [3.8, 4) is 5.75 Å². The number of hydrogen-bond acceptors (Lipinski definition) is 7. The summed E-state index contributed by atoms with van der Waals surface area (Å²) in [6.07, 6.45) is 6.65. The second-order valence-corrected chi connectivity index (χ2v) is 5.99. The van der Waals surface area contributed by atoms with Crippen molar-refractivity contribution in [1.82, 2.24) is 20.5 Å². The minimum Gasteiger partial charge on any atom is -0.497 e. The number of carbonyl (C=O) groups excluding carboxylic acids is 1. The highest BCUT2D eigenvalue weighted by Crippen LogP contribution is 2.13. The topological polar surface area (TPSA) is 101 Å². The predicted octanol–water partition coefficient (Wildman–Crippen LogP) is 2.87. The first-order valence-corrected chi connectivity index (χ1v) is 9.07. The quantitative estimate of drug-likeness (QED) is 0.381. The van der Waals surface area contributed by atoms with Crippen LogP contribution < -0.4 is 20.7 Å². The van der Waals surface area contributed by atoms with E-state index in [1.54, 1.807) is 25.6 Å². The molecule has 8 nitrogen and oxygen atoms in total. The van der Waals surface area contributed by atoms with E-state index in [2.05, 4.69) is 31.1 Å². The molecule has 0 aliphatic carbocycles. The number of amides is 1. The van der Waals surface area contributed by atoms with Crippen LogP contribution in [0.4, 0.5) is 17.3 Å². The molecule has 1 aromatic carbocycles. The Balaban J connectivity index is 1.37. The van der Waals surface area contributed by atoms with Gasteiger partial charge in [-0.1, -0.05) is 12.1 Å². The highest BCUT2D eigenvalue weighted by atomic mass is 16.5. The summed E-state index contributed by atoms with van der Waals surface area (Å²) < 4.78 is 5.10. The highest BCUT2D eigenvalue weighted by molar-refractivity contribution is 5.91. The molecule has 2 heterocycles. The smallest absolute Gasteiger partial charge is 0.244 e. The molecule has 0 radical (unpaired) electrons. The van der Waals surface area contributed by atoms with Crippen molar-refractivity contribution in [2.24, 2.45) is 0 Å². The minimum atomic E-state index is -0.161. The largest absolute Gasteiger partial charge is 0.497 e. The lowest BCUT2D eigenvalue weighted by molar-refractivity contribution is -0.116. The number of nitrogens with zero attached hydrogens (tertiary/aromatic N) is 3. The molecule has 0 saturated carbocycles. The van der Waals surface area contributed by atoms with Crippen LogP contribution in [0.3, 0.4) is 0 Å². The van der Waals surface area contributed by atoms with Gasteiger partial charge in [0.1, 0.15) is 11.6 Å². The molecule has 3 rings (SSSR count). The molecule has 148 valence electrons. The summed E-state index contributed by atoms with van der Waals surface area (Å²) in [5.74, 6) is 1.89. The van der Waals surface area contributed by atoms with E-state index < -0.39 is 0 Å². The summed E-state index contributed by atoms with van der Waals surface area (Å²) in [7, 11) is 1.62. The number of anilines is 3. The normalized spacial score (nSPS) is 10.5. The molecule has 29 heavy (non-hydrogen) atoms. The van der Waals surface area contributed by atoms with E-state index in [1.807, 2.05) is 48.5 Å². The third-order valence-electron chi connectivity index (χ3n) is 3.89. The lowest BCUT2D eigenvalue weighted by Crippen LogP contribution is -2.27. The van der Waals surface area contributed by atoms with E-state index in [1.165, 1.54) is 6.08 Å². The van der Waals surface area contributed by atoms with Gasteiger partial charge in [-0.05, 0) is 48.0 Å². The average molecular weight is 390 g/mol. The minimum absolute atomic E-state index is 0.161. The van der Waals surface area contributed by atoms with Crippen molar-refractivity contribution in [3.63, 3.8) is 0 Å². The third kappa shape index (κ3) is 6.62. The molecular formula is C21H22N6O2. The number of rotatable bonds is 9. The Morgan fingerprint density at radius 1 is 0.966 bits per heavy atom. The van der Waals surface area contributed by atoms with Gasteiger partial charge < -0.3 is 20.7 Å². The Bertz CT molecular complexity index is 928. The van der Waals surface area contributed by atoms with Crippen LogP contribution in [-0.2, 0) is 4.79 Å². The highest BCUT2D eigenvalue weighted by Gasteiger charge is 2.00. The zero-order valence-electron chi connectivity index (χ0n) is 16.0. The maximum Gasteiger partial charge on any atom is 0.244 e. The number of methoxy groups -OCH3 is 1. The molecule has 0 aliphatic rings. The maximum atomic E-state index is 11.9. The van der Waals surface area contributed by atoms with Crippen LogP contribution >= 0.6 is 0 Å². The van der Waals surface area contributed by atoms with Crippen LogP contribution in [0.5, 0.6) is 5.75 Å². The summed E-state index contributed by atoms with van der Waals surface area (Å²) in [5.41, 5.74) is 1.82. The molecular weight excluding hydrogens is 368 g/mol. The van der Waals surface area contributed by atoms with Gasteiger partial charge >= 0.3 is 0 Å². The van der Waals surface area contributed by atoms with Crippen molar-refractivity contribution in [2.45, 2.75) is 0 Å². The molecule has 0 bridgehead atoms. The van der Waals surface area contributed by atoms with E-state index >= 15 is 0 Å². The van der Waals surface area contributed by atoms with E-state index in [0.29, 0.717) is 24.7 Å². The molecule has 0 atom stereocenters. The zero-order chi connectivity index (χ0) is 20.3. The number of pyridine rings is 1. The summed E-state index contributed by atoms with van der Waals surface area (Å²) >= 11 is 0. The molecule has 0 aliphatic heterocycles. The first kappa shape index (κ1) is 19.8. The number of nitrogens with one attached hydrogen (secondary N) is 3. The third-order valence-corrected chi connectivity index (χ3v) is 3.89. The first-order chi connectivity index (χ1) is 14.2. The van der Waals surface area contributed by atoms with Gasteiger partial charge in [-0.25, -0.2) is 0 Å². The first-order valence-electron chi connectivity index (χ1n) is 9.07. The standard InChI is InChI=1S/C21H22N6O2/c1-29-18-5-2-16(3-6-18)4-9-21(28)24-15-14-23-19-7-8-20(27-26-19)25-17-10-12-22-13-11-17/h2-13H,14-15H2,1H3,(H,23,26)(H,24,28)(H,22,25,27)/b9-4+. The van der Waals surface area contributed by atoms with Crippen LogP contribution in [0, 0.1) is 0 Å². The Labute approximate surface area is 169 Å². The molecule has 3 N–H and O–H groups in total. The monoisotopic (exact) mass is 390 g/mol. The average Bonchev–Trinajstić information content (AvgIpc) is 2.77. The van der Waals surface area contributed by atoms with Gasteiger partial charge in [0.25, 0.3) is 0 Å². The van der Waals surface area contributed by atoms with Gasteiger partial charge in [0.15, 0.2) is 5.82 Å². The van der Waals surface area contributed by atoms with E-state index in [-0.39, 0.29) is 5.91 Å². The molecule has 8 heteroatoms. The van der Waals surface area contributed by atoms with Crippen LogP contribution in [0.15, 0.2) is 67.0 Å². The van der Waals surface area contributed by atoms with Gasteiger partial charge in [-0.2, -0.15) is 0 Å². The van der Waals surface area contributed by atoms with Gasteiger partial charge in [0.05, 0.1) is 7.11 Å². The summed E-state index contributed by atoms with van der Waals surface area (Å²) in [6.45, 7) is 0.998. The Hall–Kier alpha value is -3.94. The van der Waals surface area contributed by atoms with Crippen molar-refractivity contribution >= 4 is 29.3 Å². The lowest BCUT2D eigenvalue weighted by atomic mass is 10.2. The van der Waals surface area contributed by atoms with E-state index in [0.717, 1.165) is 17.0 Å². The second kappa shape index (κ2) is 10.4. The number of carbonyl (C=O) groups is 1. The molecule has 3 aromatic rings. The number of hydrogen-bond donors (Lipinski definition) is 3. The number of aromatic nitrogens is 3. The van der Waals surface area contributed by atoms with Gasteiger partial charge in [0.2, 0.25) is 5.91 Å². The fourth-order valence-electron chi connectivity index (χ4n) is 2.40. The van der Waals surface area contributed by atoms with Crippen molar-refractivity contribution in [3.05, 3.63) is 72.6 Å². The Morgan fingerprint density at radius 3 is 2.38 bits per heavy atom. The van der Waals surface area contributed by atoms with E-state index in [9.17, 15) is 4.79 Å². The van der Waals surface area contributed by atoms with E-state index in [4.69, 9.17) is 4.74 Å². The predicted molar refractivity (Wildman–Crippen MR) is 113 cm³/mol. The lowest BCUT2D eigenvalue weighted by Gasteiger charge is -2.07. The van der Waals surface area contributed by atoms with Gasteiger partial charge in [0, 0.05) is 37.2 Å². The fraction of sp³-hybridized carbons (Fsp3) is 0.143. The molecule has 2 aromatic heterocycles. The fourth-order valence-corrected chi connectivity index (χ4v) is 2.40. The van der Waals surface area contributed by atoms with Crippen LogP contribution in [-0.4, -0.2) is 41.3 Å². The summed E-state index contributed by atoms with van der Waals surface area (Å²) in [4.78, 5) is 15.8. The van der Waals surface area contributed by atoms with Crippen molar-refractivity contribution in [2.75, 3.05) is 30.8 Å². The Morgan fingerprint density at radius 2 is 1.69 bits per heavy atom. The number of ether oxygens (including phenoxy) is 1. The molecule has 0 saturated heterocycles. The molecule has 0 spiro atoms. The molecule has 1 amide bonds. The van der Waals surface area contributed by atoms with Gasteiger partial charge in [-0.15, -0.1) is 10.2 Å². The van der Waals surface area contributed by atoms with Gasteiger partial charge in [-0.3, -0.25) is 9.78 Å². The van der Waals surface area contributed by atoms with Crippen LogP contribution in [0.25, 0.3) is 6.08 Å². The summed E-state index contributed by atoms with van der Waals surface area (Å²) in [5, 5.41) is 17.3. The molecule has 0 unspecified atom stereocenters. The van der Waals surface area contributed by atoms with Crippen molar-refractivity contribution in [1.29, 1.82) is 0 Å². The zero-order valence-corrected chi connectivity index (χ0v) is 16.0. The SMILES string of the molecule is COc1ccc(/C=C/C(=O)NCCNc2ccc(Nc3ccncc3)nn2)cc1. The number of benzene rings is 1.